The Balaban J connectivity index is 2.19. The summed E-state index contributed by atoms with van der Waals surface area (Å²) in [5, 5.41) is 7.88. The van der Waals surface area contributed by atoms with Crippen molar-refractivity contribution in [2.45, 2.75) is 25.8 Å². The van der Waals surface area contributed by atoms with Crippen molar-refractivity contribution in [3.63, 3.8) is 0 Å². The third-order valence-electron chi connectivity index (χ3n) is 3.24. The average Bonchev–Trinajstić information content (AvgIpc) is 2.83. The standard InChI is InChI=1S/C15H20BrN3/c1-3-9-17-14(15-8-10-18-19(15)2)11-12-6-4-5-7-13(12)16/h4-8,10,14,17H,3,9,11H2,1-2H3. The van der Waals surface area contributed by atoms with Gasteiger partial charge in [-0.1, -0.05) is 41.1 Å². The number of hydrogen-bond acceptors (Lipinski definition) is 2. The minimum atomic E-state index is 0.297. The first-order chi connectivity index (χ1) is 9.22. The van der Waals surface area contributed by atoms with Gasteiger partial charge in [-0.3, -0.25) is 4.68 Å². The van der Waals surface area contributed by atoms with Crippen molar-refractivity contribution in [1.82, 2.24) is 15.1 Å². The van der Waals surface area contributed by atoms with Gasteiger partial charge in [0.1, 0.15) is 0 Å². The minimum Gasteiger partial charge on any atom is -0.308 e. The van der Waals surface area contributed by atoms with Crippen molar-refractivity contribution in [2.75, 3.05) is 6.54 Å². The Kier molecular flexibility index (Phi) is 5.16. The fraction of sp³-hybridized carbons (Fsp3) is 0.400. The summed E-state index contributed by atoms with van der Waals surface area (Å²) < 4.78 is 3.12. The third-order valence-corrected chi connectivity index (χ3v) is 4.01. The highest BCUT2D eigenvalue weighted by Gasteiger charge is 2.15. The molecule has 2 rings (SSSR count). The lowest BCUT2D eigenvalue weighted by molar-refractivity contribution is 0.493. The molecule has 102 valence electrons. The van der Waals surface area contributed by atoms with Gasteiger partial charge in [0.2, 0.25) is 0 Å². The largest absolute Gasteiger partial charge is 0.308 e. The fourth-order valence-electron chi connectivity index (χ4n) is 2.21. The van der Waals surface area contributed by atoms with Gasteiger partial charge in [0.15, 0.2) is 0 Å². The molecule has 0 aliphatic carbocycles. The van der Waals surface area contributed by atoms with Crippen LogP contribution in [0.25, 0.3) is 0 Å². The number of rotatable bonds is 6. The maximum Gasteiger partial charge on any atom is 0.0553 e. The molecular formula is C15H20BrN3. The highest BCUT2D eigenvalue weighted by molar-refractivity contribution is 9.10. The molecule has 0 bridgehead atoms. The number of nitrogens with one attached hydrogen (secondary N) is 1. The quantitative estimate of drug-likeness (QED) is 0.883. The summed E-state index contributed by atoms with van der Waals surface area (Å²) in [5.41, 5.74) is 2.54. The van der Waals surface area contributed by atoms with E-state index in [1.54, 1.807) is 0 Å². The summed E-state index contributed by atoms with van der Waals surface area (Å²) in [6.07, 6.45) is 3.95. The van der Waals surface area contributed by atoms with Gasteiger partial charge in [0.25, 0.3) is 0 Å². The molecule has 0 saturated carbocycles. The second kappa shape index (κ2) is 6.87. The van der Waals surface area contributed by atoms with Crippen LogP contribution in [0.5, 0.6) is 0 Å². The number of halogens is 1. The molecule has 3 nitrogen and oxygen atoms in total. The van der Waals surface area contributed by atoms with E-state index in [-0.39, 0.29) is 0 Å². The Morgan fingerprint density at radius 2 is 2.11 bits per heavy atom. The molecule has 2 aromatic rings. The summed E-state index contributed by atoms with van der Waals surface area (Å²) in [6, 6.07) is 10.8. The Labute approximate surface area is 123 Å². The number of nitrogens with zero attached hydrogens (tertiary/aromatic N) is 2. The molecule has 0 fully saturated rings. The molecule has 1 unspecified atom stereocenters. The van der Waals surface area contributed by atoms with E-state index in [0.717, 1.165) is 19.4 Å². The number of hydrogen-bond donors (Lipinski definition) is 1. The summed E-state index contributed by atoms with van der Waals surface area (Å²) in [5.74, 6) is 0. The predicted octanol–water partition coefficient (Wildman–Crippen LogP) is 3.47. The lowest BCUT2D eigenvalue weighted by Crippen LogP contribution is -2.26. The topological polar surface area (TPSA) is 29.9 Å². The van der Waals surface area contributed by atoms with Gasteiger partial charge in [-0.25, -0.2) is 0 Å². The van der Waals surface area contributed by atoms with Gasteiger partial charge in [-0.2, -0.15) is 5.10 Å². The van der Waals surface area contributed by atoms with Crippen LogP contribution < -0.4 is 5.32 Å². The van der Waals surface area contributed by atoms with Crippen LogP contribution in [0.15, 0.2) is 41.0 Å². The molecule has 1 aromatic carbocycles. The Morgan fingerprint density at radius 1 is 1.32 bits per heavy atom. The van der Waals surface area contributed by atoms with Crippen LogP contribution in [0.2, 0.25) is 0 Å². The summed E-state index contributed by atoms with van der Waals surface area (Å²) in [6.45, 7) is 3.20. The molecule has 19 heavy (non-hydrogen) atoms. The Bertz CT molecular complexity index is 522. The van der Waals surface area contributed by atoms with Crippen LogP contribution in [-0.2, 0) is 13.5 Å². The minimum absolute atomic E-state index is 0.297. The van der Waals surface area contributed by atoms with E-state index in [2.05, 4.69) is 57.5 Å². The zero-order valence-electron chi connectivity index (χ0n) is 11.4. The van der Waals surface area contributed by atoms with Crippen LogP contribution in [0, 0.1) is 0 Å². The summed E-state index contributed by atoms with van der Waals surface area (Å²) >= 11 is 3.62. The van der Waals surface area contributed by atoms with E-state index in [1.165, 1.54) is 15.7 Å². The van der Waals surface area contributed by atoms with E-state index in [9.17, 15) is 0 Å². The zero-order chi connectivity index (χ0) is 13.7. The van der Waals surface area contributed by atoms with Crippen LogP contribution in [0.3, 0.4) is 0 Å². The molecule has 0 spiro atoms. The van der Waals surface area contributed by atoms with Crippen LogP contribution >= 0.6 is 15.9 Å². The van der Waals surface area contributed by atoms with Crippen LogP contribution in [0.4, 0.5) is 0 Å². The normalized spacial score (nSPS) is 12.6. The monoisotopic (exact) mass is 321 g/mol. The first-order valence-electron chi connectivity index (χ1n) is 6.67. The molecule has 1 atom stereocenters. The number of benzene rings is 1. The summed E-state index contributed by atoms with van der Waals surface area (Å²) in [7, 11) is 2.00. The molecule has 0 saturated heterocycles. The van der Waals surface area contributed by atoms with Gasteiger partial charge in [-0.15, -0.1) is 0 Å². The van der Waals surface area contributed by atoms with Gasteiger partial charge in [0.05, 0.1) is 11.7 Å². The van der Waals surface area contributed by atoms with Gasteiger partial charge in [0, 0.05) is 17.7 Å². The number of aryl methyl sites for hydroxylation is 1. The van der Waals surface area contributed by atoms with Crippen molar-refractivity contribution in [1.29, 1.82) is 0 Å². The molecule has 0 amide bonds. The van der Waals surface area contributed by atoms with Gasteiger partial charge in [-0.05, 0) is 37.1 Å². The van der Waals surface area contributed by atoms with Crippen molar-refractivity contribution < 1.29 is 0 Å². The highest BCUT2D eigenvalue weighted by atomic mass is 79.9. The van der Waals surface area contributed by atoms with Crippen LogP contribution in [-0.4, -0.2) is 16.3 Å². The lowest BCUT2D eigenvalue weighted by Gasteiger charge is -2.19. The predicted molar refractivity (Wildman–Crippen MR) is 82.1 cm³/mol. The average molecular weight is 322 g/mol. The van der Waals surface area contributed by atoms with Crippen molar-refractivity contribution in [3.05, 3.63) is 52.3 Å². The lowest BCUT2D eigenvalue weighted by atomic mass is 10.0. The second-order valence-electron chi connectivity index (χ2n) is 4.68. The molecule has 1 aromatic heterocycles. The third kappa shape index (κ3) is 3.67. The van der Waals surface area contributed by atoms with E-state index >= 15 is 0 Å². The molecule has 0 radical (unpaired) electrons. The maximum absolute atomic E-state index is 4.27. The smallest absolute Gasteiger partial charge is 0.0553 e. The molecule has 4 heteroatoms. The number of aromatic nitrogens is 2. The zero-order valence-corrected chi connectivity index (χ0v) is 13.0. The van der Waals surface area contributed by atoms with E-state index in [1.807, 2.05) is 24.0 Å². The molecule has 1 N–H and O–H groups in total. The van der Waals surface area contributed by atoms with E-state index < -0.39 is 0 Å². The molecule has 0 aliphatic rings. The van der Waals surface area contributed by atoms with Crippen molar-refractivity contribution in [2.24, 2.45) is 7.05 Å². The van der Waals surface area contributed by atoms with Gasteiger partial charge < -0.3 is 5.32 Å². The fourth-order valence-corrected chi connectivity index (χ4v) is 2.66. The second-order valence-corrected chi connectivity index (χ2v) is 5.54. The first-order valence-corrected chi connectivity index (χ1v) is 7.46. The van der Waals surface area contributed by atoms with E-state index in [0.29, 0.717) is 6.04 Å². The first kappa shape index (κ1) is 14.3. The Morgan fingerprint density at radius 3 is 2.74 bits per heavy atom. The van der Waals surface area contributed by atoms with E-state index in [4.69, 9.17) is 0 Å². The molecule has 0 aliphatic heterocycles. The van der Waals surface area contributed by atoms with Crippen molar-refractivity contribution in [3.8, 4) is 0 Å². The van der Waals surface area contributed by atoms with Gasteiger partial charge >= 0.3 is 0 Å². The van der Waals surface area contributed by atoms with Crippen LogP contribution in [0.1, 0.15) is 30.6 Å². The molecular weight excluding hydrogens is 302 g/mol. The maximum atomic E-state index is 4.27. The van der Waals surface area contributed by atoms with Crippen molar-refractivity contribution >= 4 is 15.9 Å². The highest BCUT2D eigenvalue weighted by Crippen LogP contribution is 2.23. The molecule has 1 heterocycles. The summed E-state index contributed by atoms with van der Waals surface area (Å²) in [4.78, 5) is 0. The Hall–Kier alpha value is -1.13. The SMILES string of the molecule is CCCNC(Cc1ccccc1Br)c1ccnn1C.